The summed E-state index contributed by atoms with van der Waals surface area (Å²) in [6, 6.07) is 7.90. The summed E-state index contributed by atoms with van der Waals surface area (Å²) < 4.78 is 0. The number of likely N-dealkylation sites (tertiary alicyclic amines) is 1. The van der Waals surface area contributed by atoms with Crippen LogP contribution >= 0.6 is 0 Å². The quantitative estimate of drug-likeness (QED) is 0.772. The molecule has 2 aliphatic heterocycles. The number of amides is 2. The Morgan fingerprint density at radius 3 is 3.04 bits per heavy atom. The summed E-state index contributed by atoms with van der Waals surface area (Å²) in [5.41, 5.74) is 1.60. The molecule has 6 heteroatoms. The lowest BCUT2D eigenvalue weighted by atomic mass is 9.79. The molecule has 3 N–H and O–H groups in total. The molecular weight excluding hydrogens is 318 g/mol. The maximum Gasteiger partial charge on any atom is 0.221 e. The number of benzene rings is 1. The Hall–Kier alpha value is -1.92. The summed E-state index contributed by atoms with van der Waals surface area (Å²) in [5.74, 6) is 0.170. The number of aliphatic hydroxyl groups is 1. The predicted octanol–water partition coefficient (Wildman–Crippen LogP) is 1.47. The number of aliphatic hydroxyl groups excluding tert-OH is 1. The van der Waals surface area contributed by atoms with E-state index in [1.165, 1.54) is 6.92 Å². The molecule has 1 aromatic carbocycles. The van der Waals surface area contributed by atoms with Gasteiger partial charge in [0.15, 0.2) is 0 Å². The van der Waals surface area contributed by atoms with E-state index in [0.29, 0.717) is 13.0 Å². The number of β-amino-alcohol motifs (C(OH)–C–C–N with tert-alkyl or cyclic N) is 1. The molecule has 3 rings (SSSR count). The van der Waals surface area contributed by atoms with E-state index in [4.69, 9.17) is 0 Å². The molecule has 2 amide bonds. The van der Waals surface area contributed by atoms with Crippen LogP contribution in [0.25, 0.3) is 0 Å². The van der Waals surface area contributed by atoms with Gasteiger partial charge < -0.3 is 15.7 Å². The van der Waals surface area contributed by atoms with Crippen molar-refractivity contribution < 1.29 is 14.7 Å². The molecule has 0 aliphatic carbocycles. The minimum Gasteiger partial charge on any atom is -0.395 e. The molecule has 1 spiro atoms. The van der Waals surface area contributed by atoms with Gasteiger partial charge in [-0.25, -0.2) is 0 Å². The minimum atomic E-state index is -0.294. The number of hydrogen-bond donors (Lipinski definition) is 3. The molecule has 6 nitrogen and oxygen atoms in total. The standard InChI is InChI=1S/C19H27N3O3/c1-14(24)20-16-6-4-5-15(11-16)17-12-22(9-10-23)13-19(17)8-3-2-7-18(25)21-19/h4-6,11,17,23H,2-3,7-10,12-13H2,1H3,(H,20,24)(H,21,25)/t17-,19+/m0/s1. The average molecular weight is 345 g/mol. The number of anilines is 1. The number of nitrogens with one attached hydrogen (secondary N) is 2. The summed E-state index contributed by atoms with van der Waals surface area (Å²) in [7, 11) is 0. The summed E-state index contributed by atoms with van der Waals surface area (Å²) in [6.07, 6.45) is 3.47. The Balaban J connectivity index is 1.93. The van der Waals surface area contributed by atoms with Crippen LogP contribution in [0.3, 0.4) is 0 Å². The van der Waals surface area contributed by atoms with Crippen molar-refractivity contribution >= 4 is 17.5 Å². The van der Waals surface area contributed by atoms with E-state index < -0.39 is 0 Å². The van der Waals surface area contributed by atoms with E-state index in [9.17, 15) is 14.7 Å². The summed E-state index contributed by atoms with van der Waals surface area (Å²) in [4.78, 5) is 25.8. The summed E-state index contributed by atoms with van der Waals surface area (Å²) in [5, 5.41) is 15.5. The second-order valence-electron chi connectivity index (χ2n) is 7.23. The smallest absolute Gasteiger partial charge is 0.221 e. The zero-order valence-corrected chi connectivity index (χ0v) is 14.8. The lowest BCUT2D eigenvalue weighted by Crippen LogP contribution is -2.52. The SMILES string of the molecule is CC(=O)Nc1cccc([C@@H]2CN(CCO)C[C@]23CCCCC(=O)N3)c1. The van der Waals surface area contributed by atoms with Gasteiger partial charge in [-0.15, -0.1) is 0 Å². The molecule has 2 fully saturated rings. The van der Waals surface area contributed by atoms with Crippen LogP contribution in [-0.2, 0) is 9.59 Å². The first-order valence-electron chi connectivity index (χ1n) is 9.04. The number of hydrogen-bond acceptors (Lipinski definition) is 4. The Kier molecular flexibility index (Phi) is 5.39. The number of nitrogens with zero attached hydrogens (tertiary/aromatic N) is 1. The largest absolute Gasteiger partial charge is 0.395 e. The maximum atomic E-state index is 12.3. The molecule has 2 saturated heterocycles. The highest BCUT2D eigenvalue weighted by Crippen LogP contribution is 2.41. The van der Waals surface area contributed by atoms with Crippen LogP contribution < -0.4 is 10.6 Å². The van der Waals surface area contributed by atoms with Crippen LogP contribution in [-0.4, -0.2) is 53.6 Å². The Morgan fingerprint density at radius 1 is 1.44 bits per heavy atom. The van der Waals surface area contributed by atoms with Crippen molar-refractivity contribution in [2.24, 2.45) is 0 Å². The van der Waals surface area contributed by atoms with Crippen LogP contribution in [0.4, 0.5) is 5.69 Å². The molecule has 25 heavy (non-hydrogen) atoms. The average Bonchev–Trinajstić information content (AvgIpc) is 2.78. The third-order valence-electron chi connectivity index (χ3n) is 5.30. The van der Waals surface area contributed by atoms with Crippen molar-refractivity contribution in [1.82, 2.24) is 10.2 Å². The fourth-order valence-corrected chi connectivity index (χ4v) is 4.29. The molecule has 0 saturated carbocycles. The zero-order chi connectivity index (χ0) is 17.9. The highest BCUT2D eigenvalue weighted by molar-refractivity contribution is 5.88. The van der Waals surface area contributed by atoms with Crippen molar-refractivity contribution in [2.75, 3.05) is 31.6 Å². The molecule has 0 aromatic heterocycles. The lowest BCUT2D eigenvalue weighted by molar-refractivity contribution is -0.122. The second kappa shape index (κ2) is 7.54. The first-order valence-corrected chi connectivity index (χ1v) is 9.04. The molecule has 1 aromatic rings. The van der Waals surface area contributed by atoms with Gasteiger partial charge in [-0.05, 0) is 30.5 Å². The third-order valence-corrected chi connectivity index (χ3v) is 5.30. The van der Waals surface area contributed by atoms with E-state index in [2.05, 4.69) is 21.6 Å². The van der Waals surface area contributed by atoms with Gasteiger partial charge in [0.2, 0.25) is 11.8 Å². The lowest BCUT2D eigenvalue weighted by Gasteiger charge is -2.35. The van der Waals surface area contributed by atoms with Crippen LogP contribution in [0, 0.1) is 0 Å². The van der Waals surface area contributed by atoms with E-state index in [1.54, 1.807) is 0 Å². The number of carbonyl (C=O) groups excluding carboxylic acids is 2. The van der Waals surface area contributed by atoms with Crippen molar-refractivity contribution in [3.05, 3.63) is 29.8 Å². The monoisotopic (exact) mass is 345 g/mol. The van der Waals surface area contributed by atoms with Crippen molar-refractivity contribution in [3.63, 3.8) is 0 Å². The van der Waals surface area contributed by atoms with Gasteiger partial charge in [0.1, 0.15) is 0 Å². The van der Waals surface area contributed by atoms with Gasteiger partial charge in [-0.3, -0.25) is 14.5 Å². The van der Waals surface area contributed by atoms with Crippen LogP contribution in [0.1, 0.15) is 44.1 Å². The summed E-state index contributed by atoms with van der Waals surface area (Å²) in [6.45, 7) is 3.78. The van der Waals surface area contributed by atoms with Gasteiger partial charge in [-0.2, -0.15) is 0 Å². The van der Waals surface area contributed by atoms with Crippen LogP contribution in [0.2, 0.25) is 0 Å². The van der Waals surface area contributed by atoms with Crippen LogP contribution in [0.5, 0.6) is 0 Å². The van der Waals surface area contributed by atoms with E-state index in [0.717, 1.165) is 43.6 Å². The highest BCUT2D eigenvalue weighted by atomic mass is 16.3. The Labute approximate surface area is 148 Å². The van der Waals surface area contributed by atoms with E-state index >= 15 is 0 Å². The van der Waals surface area contributed by atoms with Gasteiger partial charge in [0.25, 0.3) is 0 Å². The predicted molar refractivity (Wildman–Crippen MR) is 96.4 cm³/mol. The number of carbonyl (C=O) groups is 2. The molecule has 2 heterocycles. The fourth-order valence-electron chi connectivity index (χ4n) is 4.29. The molecular formula is C19H27N3O3. The van der Waals surface area contributed by atoms with Gasteiger partial charge in [-0.1, -0.05) is 18.6 Å². The second-order valence-corrected chi connectivity index (χ2v) is 7.23. The van der Waals surface area contributed by atoms with Crippen molar-refractivity contribution in [1.29, 1.82) is 0 Å². The number of rotatable bonds is 4. The minimum absolute atomic E-state index is 0.0945. The molecule has 2 aliphatic rings. The Morgan fingerprint density at radius 2 is 2.28 bits per heavy atom. The molecule has 136 valence electrons. The zero-order valence-electron chi connectivity index (χ0n) is 14.8. The van der Waals surface area contributed by atoms with E-state index in [1.807, 2.05) is 18.2 Å². The van der Waals surface area contributed by atoms with Crippen molar-refractivity contribution in [2.45, 2.75) is 44.1 Å². The highest BCUT2D eigenvalue weighted by Gasteiger charge is 2.48. The summed E-state index contributed by atoms with van der Waals surface area (Å²) >= 11 is 0. The van der Waals surface area contributed by atoms with Gasteiger partial charge >= 0.3 is 0 Å². The van der Waals surface area contributed by atoms with Crippen molar-refractivity contribution in [3.8, 4) is 0 Å². The Bertz CT molecular complexity index is 649. The van der Waals surface area contributed by atoms with Gasteiger partial charge in [0, 0.05) is 44.6 Å². The first-order chi connectivity index (χ1) is 12.0. The fraction of sp³-hybridized carbons (Fsp3) is 0.579. The topological polar surface area (TPSA) is 81.7 Å². The molecule has 0 radical (unpaired) electrons. The maximum absolute atomic E-state index is 12.3. The van der Waals surface area contributed by atoms with Gasteiger partial charge in [0.05, 0.1) is 12.1 Å². The third kappa shape index (κ3) is 4.02. The first kappa shape index (κ1) is 17.9. The molecule has 2 atom stereocenters. The normalized spacial score (nSPS) is 27.1. The molecule has 0 bridgehead atoms. The molecule has 0 unspecified atom stereocenters. The van der Waals surface area contributed by atoms with E-state index in [-0.39, 0.29) is 29.9 Å². The van der Waals surface area contributed by atoms with Crippen LogP contribution in [0.15, 0.2) is 24.3 Å².